The van der Waals surface area contributed by atoms with Crippen LogP contribution in [0.1, 0.15) is 96.8 Å². The third-order valence-corrected chi connectivity index (χ3v) is 5.22. The van der Waals surface area contributed by atoms with Crippen LogP contribution in [0.3, 0.4) is 0 Å². The van der Waals surface area contributed by atoms with Crippen molar-refractivity contribution in [1.82, 2.24) is 0 Å². The van der Waals surface area contributed by atoms with Gasteiger partial charge in [0.25, 0.3) is 0 Å². The fraction of sp³-hybridized carbons (Fsp3) is 0.952. The molecule has 25 heavy (non-hydrogen) atoms. The highest BCUT2D eigenvalue weighted by molar-refractivity contribution is 5.78. The van der Waals surface area contributed by atoms with Crippen LogP contribution in [0.2, 0.25) is 0 Å². The van der Waals surface area contributed by atoms with Crippen molar-refractivity contribution in [2.24, 2.45) is 0 Å². The standard InChI is InChI=1S/C21H38O4/c1-2-3-4-5-6-7-8-9-10-11-12-13-14-15-19-20(25-19)21(22)24-17-18-16-23-18/h18-20H,2-17H2,1H3. The van der Waals surface area contributed by atoms with Crippen LogP contribution in [0.4, 0.5) is 0 Å². The third-order valence-electron chi connectivity index (χ3n) is 5.22. The molecule has 0 saturated carbocycles. The Bertz CT molecular complexity index is 354. The summed E-state index contributed by atoms with van der Waals surface area (Å²) < 4.78 is 15.6. The van der Waals surface area contributed by atoms with Crippen LogP contribution in [0.25, 0.3) is 0 Å². The van der Waals surface area contributed by atoms with Gasteiger partial charge in [0.15, 0.2) is 6.10 Å². The molecular weight excluding hydrogens is 316 g/mol. The van der Waals surface area contributed by atoms with Crippen molar-refractivity contribution in [2.75, 3.05) is 13.2 Å². The lowest BCUT2D eigenvalue weighted by Gasteiger charge is -2.03. The van der Waals surface area contributed by atoms with Crippen molar-refractivity contribution in [3.63, 3.8) is 0 Å². The molecule has 0 aromatic heterocycles. The van der Waals surface area contributed by atoms with Gasteiger partial charge in [0.2, 0.25) is 0 Å². The predicted molar refractivity (Wildman–Crippen MR) is 99.7 cm³/mol. The van der Waals surface area contributed by atoms with Gasteiger partial charge in [0.1, 0.15) is 12.7 Å². The van der Waals surface area contributed by atoms with E-state index in [1.165, 1.54) is 77.0 Å². The van der Waals surface area contributed by atoms with Crippen molar-refractivity contribution in [2.45, 2.75) is 115 Å². The summed E-state index contributed by atoms with van der Waals surface area (Å²) in [7, 11) is 0. The van der Waals surface area contributed by atoms with Crippen LogP contribution < -0.4 is 0 Å². The molecule has 0 aliphatic carbocycles. The van der Waals surface area contributed by atoms with E-state index < -0.39 is 0 Å². The maximum atomic E-state index is 11.7. The number of epoxide rings is 2. The molecule has 3 atom stereocenters. The first-order valence-corrected chi connectivity index (χ1v) is 10.7. The summed E-state index contributed by atoms with van der Waals surface area (Å²) in [5, 5.41) is 0. The van der Waals surface area contributed by atoms with Gasteiger partial charge in [-0.25, -0.2) is 4.79 Å². The van der Waals surface area contributed by atoms with Crippen LogP contribution >= 0.6 is 0 Å². The second kappa shape index (κ2) is 12.7. The number of carbonyl (C=O) groups excluding carboxylic acids is 1. The van der Waals surface area contributed by atoms with Gasteiger partial charge < -0.3 is 14.2 Å². The minimum Gasteiger partial charge on any atom is -0.461 e. The van der Waals surface area contributed by atoms with Gasteiger partial charge in [0, 0.05) is 0 Å². The maximum absolute atomic E-state index is 11.7. The van der Waals surface area contributed by atoms with Gasteiger partial charge >= 0.3 is 5.97 Å². The first kappa shape index (κ1) is 20.7. The molecule has 0 radical (unpaired) electrons. The van der Waals surface area contributed by atoms with Gasteiger partial charge in [-0.05, 0) is 6.42 Å². The number of hydrogen-bond donors (Lipinski definition) is 0. The topological polar surface area (TPSA) is 51.4 Å². The van der Waals surface area contributed by atoms with E-state index in [0.29, 0.717) is 6.61 Å². The van der Waals surface area contributed by atoms with Gasteiger partial charge in [-0.1, -0.05) is 90.4 Å². The second-order valence-corrected chi connectivity index (χ2v) is 7.71. The van der Waals surface area contributed by atoms with Gasteiger partial charge in [-0.15, -0.1) is 0 Å². The molecule has 0 aromatic rings. The number of carbonyl (C=O) groups is 1. The van der Waals surface area contributed by atoms with Crippen LogP contribution in [-0.2, 0) is 19.0 Å². The van der Waals surface area contributed by atoms with Gasteiger partial charge in [-0.3, -0.25) is 0 Å². The molecule has 2 aliphatic rings. The van der Waals surface area contributed by atoms with Crippen molar-refractivity contribution in [3.05, 3.63) is 0 Å². The fourth-order valence-electron chi connectivity index (χ4n) is 3.35. The van der Waals surface area contributed by atoms with E-state index in [4.69, 9.17) is 14.2 Å². The Balaban J connectivity index is 1.27. The highest BCUT2D eigenvalue weighted by atomic mass is 16.7. The van der Waals surface area contributed by atoms with Gasteiger partial charge in [0.05, 0.1) is 12.7 Å². The molecule has 2 fully saturated rings. The summed E-state index contributed by atoms with van der Waals surface area (Å²) in [6, 6.07) is 0. The largest absolute Gasteiger partial charge is 0.461 e. The summed E-state index contributed by atoms with van der Waals surface area (Å²) in [6.07, 6.45) is 18.7. The summed E-state index contributed by atoms with van der Waals surface area (Å²) in [5.74, 6) is -0.199. The first-order chi connectivity index (χ1) is 12.3. The summed E-state index contributed by atoms with van der Waals surface area (Å²) in [5.41, 5.74) is 0. The van der Waals surface area contributed by atoms with Crippen molar-refractivity contribution in [3.8, 4) is 0 Å². The van der Waals surface area contributed by atoms with Crippen molar-refractivity contribution >= 4 is 5.97 Å². The molecule has 2 aliphatic heterocycles. The smallest absolute Gasteiger partial charge is 0.338 e. The summed E-state index contributed by atoms with van der Waals surface area (Å²) >= 11 is 0. The van der Waals surface area contributed by atoms with E-state index in [2.05, 4.69) is 6.92 Å². The van der Waals surface area contributed by atoms with Gasteiger partial charge in [-0.2, -0.15) is 0 Å². The van der Waals surface area contributed by atoms with Crippen LogP contribution in [0.15, 0.2) is 0 Å². The minimum absolute atomic E-state index is 0.111. The Hall–Kier alpha value is -0.610. The molecule has 2 rings (SSSR count). The highest BCUT2D eigenvalue weighted by Crippen LogP contribution is 2.29. The quantitative estimate of drug-likeness (QED) is 0.205. The van der Waals surface area contributed by atoms with E-state index in [1.807, 2.05) is 0 Å². The molecule has 2 saturated heterocycles. The molecule has 3 unspecified atom stereocenters. The SMILES string of the molecule is CCCCCCCCCCCCCCCC1OC1C(=O)OCC1CO1. The van der Waals surface area contributed by atoms with Crippen LogP contribution in [-0.4, -0.2) is 37.5 Å². The number of unbranched alkanes of at least 4 members (excludes halogenated alkanes) is 12. The number of hydrogen-bond acceptors (Lipinski definition) is 4. The lowest BCUT2D eigenvalue weighted by molar-refractivity contribution is -0.145. The summed E-state index contributed by atoms with van der Waals surface area (Å²) in [6.45, 7) is 3.39. The average Bonchev–Trinajstić information content (AvgIpc) is 3.52. The lowest BCUT2D eigenvalue weighted by atomic mass is 10.0. The first-order valence-electron chi connectivity index (χ1n) is 10.7. The zero-order valence-electron chi connectivity index (χ0n) is 16.2. The Labute approximate surface area is 154 Å². The van der Waals surface area contributed by atoms with E-state index >= 15 is 0 Å². The monoisotopic (exact) mass is 354 g/mol. The highest BCUT2D eigenvalue weighted by Gasteiger charge is 2.46. The van der Waals surface area contributed by atoms with E-state index in [9.17, 15) is 4.79 Å². The third kappa shape index (κ3) is 10.2. The predicted octanol–water partition coefficient (Wildman–Crippen LogP) is 5.18. The van der Waals surface area contributed by atoms with Crippen LogP contribution in [0, 0.1) is 0 Å². The van der Waals surface area contributed by atoms with E-state index in [1.54, 1.807) is 0 Å². The summed E-state index contributed by atoms with van der Waals surface area (Å²) in [4.78, 5) is 11.7. The molecule has 0 amide bonds. The number of rotatable bonds is 17. The molecule has 146 valence electrons. The Morgan fingerprint density at radius 1 is 0.880 bits per heavy atom. The van der Waals surface area contributed by atoms with E-state index in [-0.39, 0.29) is 24.3 Å². The normalized spacial score (nSPS) is 24.3. The Morgan fingerprint density at radius 2 is 1.40 bits per heavy atom. The Kier molecular flexibility index (Phi) is 10.5. The molecule has 0 bridgehead atoms. The minimum atomic E-state index is -0.295. The second-order valence-electron chi connectivity index (χ2n) is 7.71. The molecule has 0 aromatic carbocycles. The number of ether oxygens (including phenoxy) is 3. The zero-order valence-corrected chi connectivity index (χ0v) is 16.2. The van der Waals surface area contributed by atoms with Crippen molar-refractivity contribution < 1.29 is 19.0 Å². The lowest BCUT2D eigenvalue weighted by Crippen LogP contribution is -2.17. The molecule has 0 N–H and O–H groups in total. The average molecular weight is 355 g/mol. The van der Waals surface area contributed by atoms with Crippen LogP contribution in [0.5, 0.6) is 0 Å². The Morgan fingerprint density at radius 3 is 1.92 bits per heavy atom. The van der Waals surface area contributed by atoms with Crippen molar-refractivity contribution in [1.29, 1.82) is 0 Å². The molecule has 4 nitrogen and oxygen atoms in total. The molecule has 4 heteroatoms. The fourth-order valence-corrected chi connectivity index (χ4v) is 3.35. The molecular formula is C21H38O4. The zero-order chi connectivity index (χ0) is 17.7. The number of esters is 1. The molecule has 2 heterocycles. The maximum Gasteiger partial charge on any atom is 0.338 e. The molecule has 0 spiro atoms. The van der Waals surface area contributed by atoms with E-state index in [0.717, 1.165) is 19.4 Å².